The standard InChI is InChI=1S/C32H37N5O5/c1-20(2)11-17-42-24-10-9-23(18-25(24)41-5)28-26(29(38)27-22(4)36-14-6-8-21(3)31(36)34-27)30(39)32(40)37(28)15-7-13-35-16-12-33-19-35/h6,8-10,12,14,16,18-20,28,38H,7,11,13,15,17H2,1-5H3/b29-26+. The summed E-state index contributed by atoms with van der Waals surface area (Å²) in [6.45, 7) is 9.47. The van der Waals surface area contributed by atoms with Gasteiger partial charge in [0.15, 0.2) is 17.3 Å². The van der Waals surface area contributed by atoms with Gasteiger partial charge in [0.1, 0.15) is 11.3 Å². The summed E-state index contributed by atoms with van der Waals surface area (Å²) in [6, 6.07) is 8.38. The van der Waals surface area contributed by atoms with E-state index in [4.69, 9.17) is 9.47 Å². The minimum absolute atomic E-state index is 0.00215. The molecule has 1 aliphatic heterocycles. The summed E-state index contributed by atoms with van der Waals surface area (Å²) in [4.78, 5) is 37.4. The van der Waals surface area contributed by atoms with Crippen molar-refractivity contribution in [3.05, 3.63) is 83.3 Å². The van der Waals surface area contributed by atoms with Gasteiger partial charge in [-0.15, -0.1) is 0 Å². The van der Waals surface area contributed by atoms with E-state index in [-0.39, 0.29) is 17.0 Å². The summed E-state index contributed by atoms with van der Waals surface area (Å²) in [5, 5.41) is 11.7. The molecule has 42 heavy (non-hydrogen) atoms. The Bertz CT molecular complexity index is 1640. The predicted molar refractivity (Wildman–Crippen MR) is 158 cm³/mol. The molecule has 1 fully saturated rings. The van der Waals surface area contributed by atoms with Crippen molar-refractivity contribution in [2.45, 2.75) is 53.1 Å². The zero-order chi connectivity index (χ0) is 30.0. The fourth-order valence-electron chi connectivity index (χ4n) is 5.35. The van der Waals surface area contributed by atoms with Gasteiger partial charge in [0.2, 0.25) is 0 Å². The first-order valence-electron chi connectivity index (χ1n) is 14.2. The van der Waals surface area contributed by atoms with Crippen molar-refractivity contribution in [2.24, 2.45) is 5.92 Å². The molecule has 1 aromatic carbocycles. The number of hydrogen-bond acceptors (Lipinski definition) is 7. The van der Waals surface area contributed by atoms with Crippen LogP contribution in [-0.2, 0) is 16.1 Å². The molecular formula is C32H37N5O5. The fraction of sp³-hybridized carbons (Fsp3) is 0.375. The van der Waals surface area contributed by atoms with E-state index in [0.29, 0.717) is 60.4 Å². The van der Waals surface area contributed by atoms with Gasteiger partial charge < -0.3 is 28.4 Å². The number of carbonyl (C=O) groups is 2. The summed E-state index contributed by atoms with van der Waals surface area (Å²) < 4.78 is 15.4. The molecule has 1 N–H and O–H groups in total. The summed E-state index contributed by atoms with van der Waals surface area (Å²) in [5.74, 6) is -0.160. The van der Waals surface area contributed by atoms with Crippen LogP contribution in [0.1, 0.15) is 55.2 Å². The Hall–Kier alpha value is -4.60. The lowest BCUT2D eigenvalue weighted by atomic mass is 9.96. The second kappa shape index (κ2) is 12.1. The van der Waals surface area contributed by atoms with Crippen LogP contribution in [0.3, 0.4) is 0 Å². The van der Waals surface area contributed by atoms with Crippen LogP contribution in [0.15, 0.2) is 60.8 Å². The van der Waals surface area contributed by atoms with Gasteiger partial charge in [0, 0.05) is 31.7 Å². The van der Waals surface area contributed by atoms with Crippen LogP contribution in [-0.4, -0.2) is 60.9 Å². The zero-order valence-corrected chi connectivity index (χ0v) is 24.7. The highest BCUT2D eigenvalue weighted by molar-refractivity contribution is 6.46. The molecule has 1 amide bonds. The zero-order valence-electron chi connectivity index (χ0n) is 24.7. The molecule has 10 heteroatoms. The summed E-state index contributed by atoms with van der Waals surface area (Å²) in [6.07, 6.45) is 8.59. The SMILES string of the molecule is COc1cc(C2/C(=C(\O)c3nc4c(C)cccn4c3C)C(=O)C(=O)N2CCCn2ccnc2)ccc1OCCC(C)C. The Labute approximate surface area is 245 Å². The third kappa shape index (κ3) is 5.48. The second-order valence-electron chi connectivity index (χ2n) is 11.0. The lowest BCUT2D eigenvalue weighted by molar-refractivity contribution is -0.139. The minimum Gasteiger partial charge on any atom is -0.505 e. The highest BCUT2D eigenvalue weighted by Crippen LogP contribution is 2.42. The minimum atomic E-state index is -0.836. The van der Waals surface area contributed by atoms with Gasteiger partial charge >= 0.3 is 0 Å². The first-order chi connectivity index (χ1) is 20.2. The summed E-state index contributed by atoms with van der Waals surface area (Å²) in [7, 11) is 1.55. The van der Waals surface area contributed by atoms with E-state index in [1.165, 1.54) is 4.90 Å². The number of carbonyl (C=O) groups excluding carboxylic acids is 2. The van der Waals surface area contributed by atoms with Crippen molar-refractivity contribution in [3.63, 3.8) is 0 Å². The van der Waals surface area contributed by atoms with E-state index in [0.717, 1.165) is 12.0 Å². The van der Waals surface area contributed by atoms with Crippen molar-refractivity contribution in [2.75, 3.05) is 20.3 Å². The maximum absolute atomic E-state index is 13.6. The molecule has 0 saturated carbocycles. The van der Waals surface area contributed by atoms with Crippen molar-refractivity contribution < 1.29 is 24.2 Å². The molecule has 0 spiro atoms. The fourth-order valence-corrected chi connectivity index (χ4v) is 5.35. The molecule has 5 rings (SSSR count). The average molecular weight is 572 g/mol. The molecule has 0 bridgehead atoms. The molecule has 1 aliphatic rings. The van der Waals surface area contributed by atoms with Crippen LogP contribution in [0.4, 0.5) is 0 Å². The summed E-state index contributed by atoms with van der Waals surface area (Å²) in [5.41, 5.74) is 3.17. The number of ketones is 1. The van der Waals surface area contributed by atoms with Crippen LogP contribution in [0, 0.1) is 19.8 Å². The van der Waals surface area contributed by atoms with Crippen molar-refractivity contribution in [3.8, 4) is 11.5 Å². The molecule has 1 unspecified atom stereocenters. The third-order valence-electron chi connectivity index (χ3n) is 7.68. The number of nitrogens with zero attached hydrogens (tertiary/aromatic N) is 5. The number of aliphatic hydroxyl groups is 1. The van der Waals surface area contributed by atoms with Crippen LogP contribution in [0.25, 0.3) is 11.4 Å². The predicted octanol–water partition coefficient (Wildman–Crippen LogP) is 5.09. The first kappa shape index (κ1) is 28.9. The molecule has 4 aromatic rings. The maximum atomic E-state index is 13.6. The third-order valence-corrected chi connectivity index (χ3v) is 7.68. The van der Waals surface area contributed by atoms with Gasteiger partial charge in [0.25, 0.3) is 11.7 Å². The van der Waals surface area contributed by atoms with Crippen molar-refractivity contribution in [1.29, 1.82) is 0 Å². The van der Waals surface area contributed by atoms with E-state index >= 15 is 0 Å². The van der Waals surface area contributed by atoms with Gasteiger partial charge in [-0.3, -0.25) is 9.59 Å². The van der Waals surface area contributed by atoms with E-state index in [2.05, 4.69) is 23.8 Å². The Kier molecular flexibility index (Phi) is 8.33. The number of aryl methyl sites for hydroxylation is 3. The molecule has 0 radical (unpaired) electrons. The van der Waals surface area contributed by atoms with Gasteiger partial charge in [0.05, 0.1) is 37.4 Å². The van der Waals surface area contributed by atoms with Crippen LogP contribution < -0.4 is 9.47 Å². The molecule has 10 nitrogen and oxygen atoms in total. The molecule has 0 aliphatic carbocycles. The Morgan fingerprint density at radius 3 is 2.60 bits per heavy atom. The van der Waals surface area contributed by atoms with Crippen molar-refractivity contribution >= 4 is 23.1 Å². The highest BCUT2D eigenvalue weighted by Gasteiger charge is 2.46. The first-order valence-corrected chi connectivity index (χ1v) is 14.2. The number of likely N-dealkylation sites (tertiary alicyclic amines) is 1. The molecule has 1 atom stereocenters. The molecule has 4 heterocycles. The number of Topliss-reactive ketones (excluding diaryl/α,β-unsaturated/α-hetero) is 1. The number of pyridine rings is 1. The Balaban J connectivity index is 1.58. The van der Waals surface area contributed by atoms with Crippen molar-refractivity contribution in [1.82, 2.24) is 23.8 Å². The quantitative estimate of drug-likeness (QED) is 0.152. The number of imidazole rings is 2. The normalized spacial score (nSPS) is 16.6. The number of aliphatic hydroxyl groups excluding tert-OH is 1. The maximum Gasteiger partial charge on any atom is 0.295 e. The number of ether oxygens (including phenoxy) is 2. The monoisotopic (exact) mass is 571 g/mol. The number of amides is 1. The van der Waals surface area contributed by atoms with Crippen LogP contribution in [0.2, 0.25) is 0 Å². The number of benzene rings is 1. The molecule has 220 valence electrons. The average Bonchev–Trinajstić information content (AvgIpc) is 3.67. The van der Waals surface area contributed by atoms with Gasteiger partial charge in [-0.1, -0.05) is 26.0 Å². The van der Waals surface area contributed by atoms with Gasteiger partial charge in [-0.2, -0.15) is 0 Å². The van der Waals surface area contributed by atoms with Gasteiger partial charge in [-0.25, -0.2) is 9.97 Å². The van der Waals surface area contributed by atoms with E-state index < -0.39 is 17.7 Å². The smallest absolute Gasteiger partial charge is 0.295 e. The molecular weight excluding hydrogens is 534 g/mol. The Morgan fingerprint density at radius 1 is 1.10 bits per heavy atom. The largest absolute Gasteiger partial charge is 0.505 e. The molecule has 3 aromatic heterocycles. The number of aromatic nitrogens is 4. The summed E-state index contributed by atoms with van der Waals surface area (Å²) >= 11 is 0. The lowest BCUT2D eigenvalue weighted by Gasteiger charge is -2.26. The lowest BCUT2D eigenvalue weighted by Crippen LogP contribution is -2.31. The van der Waals surface area contributed by atoms with Crippen LogP contribution >= 0.6 is 0 Å². The Morgan fingerprint density at radius 2 is 1.90 bits per heavy atom. The van der Waals surface area contributed by atoms with Crippen LogP contribution in [0.5, 0.6) is 11.5 Å². The second-order valence-corrected chi connectivity index (χ2v) is 11.0. The van der Waals surface area contributed by atoms with Gasteiger partial charge in [-0.05, 0) is 61.9 Å². The van der Waals surface area contributed by atoms with E-state index in [1.54, 1.807) is 31.8 Å². The number of methoxy groups -OCH3 is 1. The topological polar surface area (TPSA) is 111 Å². The van der Waals surface area contributed by atoms with E-state index in [1.807, 2.05) is 53.4 Å². The highest BCUT2D eigenvalue weighted by atomic mass is 16.5. The number of hydrogen-bond donors (Lipinski definition) is 1. The number of fused-ring (bicyclic) bond motifs is 1. The van der Waals surface area contributed by atoms with E-state index in [9.17, 15) is 14.7 Å². The molecule has 1 saturated heterocycles. The number of rotatable bonds is 11.